The van der Waals surface area contributed by atoms with Crippen LogP contribution in [0.3, 0.4) is 0 Å². The molecule has 0 spiro atoms. The molecule has 1 amide bonds. The third-order valence-electron chi connectivity index (χ3n) is 10.5. The number of nitrogens with one attached hydrogen (secondary N) is 1. The van der Waals surface area contributed by atoms with Crippen LogP contribution in [0.2, 0.25) is 0 Å². The van der Waals surface area contributed by atoms with Crippen LogP contribution in [0.4, 0.5) is 0 Å². The number of carbonyl (C=O) groups is 1. The van der Waals surface area contributed by atoms with Gasteiger partial charge in [-0.2, -0.15) is 0 Å². The first kappa shape index (κ1) is 60.4. The van der Waals surface area contributed by atoms with Gasteiger partial charge in [0.2, 0.25) is 5.91 Å². The van der Waals surface area contributed by atoms with Crippen molar-refractivity contribution in [1.29, 1.82) is 0 Å². The van der Waals surface area contributed by atoms with Gasteiger partial charge in [-0.1, -0.05) is 201 Å². The van der Waals surface area contributed by atoms with Crippen molar-refractivity contribution < 1.29 is 32.9 Å². The van der Waals surface area contributed by atoms with E-state index in [1.165, 1.54) is 83.5 Å². The molecule has 2 N–H and O–H groups in total. The second-order valence-electron chi connectivity index (χ2n) is 17.8. The third-order valence-corrected chi connectivity index (χ3v) is 11.5. The number of unbranched alkanes of at least 4 members (excludes halogenated alkanes) is 17. The molecule has 8 nitrogen and oxygen atoms in total. The number of phosphoric acid groups is 1. The number of phosphoric ester groups is 1. The average Bonchev–Trinajstić information content (AvgIpc) is 3.24. The van der Waals surface area contributed by atoms with E-state index < -0.39 is 26.6 Å². The van der Waals surface area contributed by atoms with Gasteiger partial charge in [0.05, 0.1) is 39.9 Å². The maximum absolute atomic E-state index is 12.8. The van der Waals surface area contributed by atoms with Crippen LogP contribution in [0.5, 0.6) is 0 Å². The van der Waals surface area contributed by atoms with Crippen molar-refractivity contribution >= 4 is 13.7 Å². The lowest BCUT2D eigenvalue weighted by Gasteiger charge is -2.29. The van der Waals surface area contributed by atoms with Crippen LogP contribution in [0.1, 0.15) is 187 Å². The Kier molecular flexibility index (Phi) is 42.8. The maximum Gasteiger partial charge on any atom is 0.268 e. The molecule has 63 heavy (non-hydrogen) atoms. The molecule has 0 radical (unpaired) electrons. The Morgan fingerprint density at radius 1 is 0.571 bits per heavy atom. The van der Waals surface area contributed by atoms with Crippen molar-refractivity contribution in [1.82, 2.24) is 5.32 Å². The van der Waals surface area contributed by atoms with Crippen LogP contribution in [-0.4, -0.2) is 68.5 Å². The summed E-state index contributed by atoms with van der Waals surface area (Å²) in [5.74, 6) is -0.216. The van der Waals surface area contributed by atoms with E-state index in [2.05, 4.69) is 104 Å². The summed E-state index contributed by atoms with van der Waals surface area (Å²) in [7, 11) is 1.23. The van der Waals surface area contributed by atoms with E-state index in [4.69, 9.17) is 9.05 Å². The van der Waals surface area contributed by atoms with E-state index in [1.54, 1.807) is 6.08 Å². The predicted molar refractivity (Wildman–Crippen MR) is 269 cm³/mol. The molecule has 0 aliphatic rings. The second kappa shape index (κ2) is 44.6. The van der Waals surface area contributed by atoms with E-state index in [1.807, 2.05) is 27.2 Å². The fraction of sp³-hybridized carbons (Fsp3) is 0.685. The standard InChI is InChI=1S/C54H95N2O6P/c1-6-8-10-12-14-16-17-18-19-20-21-22-23-24-25-26-27-28-29-30-31-32-33-34-35-36-37-38-39-40-42-44-46-48-54(58)55-52(51-62-63(59,60)61-50-49-56(3,4)5)53(57)47-45-43-41-15-13-11-9-7-2/h8,10,13-16,18-19,21-22,24-25,27-28,45,47,52-53,57H,6-7,9,11-12,17,20,23,26,29-44,46,48-51H2,1-5H3,(H-,55,58,59,60)/b10-8-,15-13+,16-14-,19-18-,22-21-,25-24-,28-27-,47-45+. The smallest absolute Gasteiger partial charge is 0.268 e. The van der Waals surface area contributed by atoms with Crippen LogP contribution in [0.25, 0.3) is 0 Å². The number of hydrogen-bond donors (Lipinski definition) is 2. The molecule has 0 fully saturated rings. The van der Waals surface area contributed by atoms with Gasteiger partial charge in [-0.25, -0.2) is 0 Å². The van der Waals surface area contributed by atoms with Gasteiger partial charge in [0, 0.05) is 6.42 Å². The average molecular weight is 899 g/mol. The summed E-state index contributed by atoms with van der Waals surface area (Å²) < 4.78 is 23.1. The van der Waals surface area contributed by atoms with Gasteiger partial charge in [-0.15, -0.1) is 0 Å². The summed E-state index contributed by atoms with van der Waals surface area (Å²) in [5.41, 5.74) is 0. The summed E-state index contributed by atoms with van der Waals surface area (Å²) in [5, 5.41) is 13.7. The Bertz CT molecular complexity index is 1340. The van der Waals surface area contributed by atoms with Crippen molar-refractivity contribution in [2.24, 2.45) is 0 Å². The Labute approximate surface area is 388 Å². The van der Waals surface area contributed by atoms with Crippen LogP contribution in [0, 0.1) is 0 Å². The lowest BCUT2D eigenvalue weighted by Crippen LogP contribution is -2.45. The molecule has 0 saturated carbocycles. The lowest BCUT2D eigenvalue weighted by molar-refractivity contribution is -0.870. The highest BCUT2D eigenvalue weighted by atomic mass is 31.2. The zero-order valence-corrected chi connectivity index (χ0v) is 41.9. The molecule has 0 saturated heterocycles. The van der Waals surface area contributed by atoms with Crippen molar-refractivity contribution in [3.05, 3.63) is 97.2 Å². The van der Waals surface area contributed by atoms with Crippen LogP contribution >= 0.6 is 7.82 Å². The molecule has 0 aliphatic heterocycles. The fourth-order valence-electron chi connectivity index (χ4n) is 6.57. The summed E-state index contributed by atoms with van der Waals surface area (Å²) in [6.45, 7) is 4.41. The molecule has 0 aromatic heterocycles. The minimum absolute atomic E-state index is 0.0106. The monoisotopic (exact) mass is 899 g/mol. The Morgan fingerprint density at radius 3 is 1.48 bits per heavy atom. The number of aliphatic hydroxyl groups excluding tert-OH is 1. The minimum Gasteiger partial charge on any atom is -0.756 e. The number of hydrogen-bond acceptors (Lipinski definition) is 6. The van der Waals surface area contributed by atoms with Crippen molar-refractivity contribution in [2.75, 3.05) is 40.9 Å². The fourth-order valence-corrected chi connectivity index (χ4v) is 7.29. The van der Waals surface area contributed by atoms with Gasteiger partial charge in [0.1, 0.15) is 13.2 Å². The van der Waals surface area contributed by atoms with E-state index in [9.17, 15) is 19.4 Å². The number of rotatable bonds is 44. The van der Waals surface area contributed by atoms with Gasteiger partial charge in [0.25, 0.3) is 7.82 Å². The largest absolute Gasteiger partial charge is 0.756 e. The first-order valence-electron chi connectivity index (χ1n) is 25.1. The topological polar surface area (TPSA) is 108 Å². The van der Waals surface area contributed by atoms with Gasteiger partial charge >= 0.3 is 0 Å². The van der Waals surface area contributed by atoms with Crippen LogP contribution in [0.15, 0.2) is 97.2 Å². The highest BCUT2D eigenvalue weighted by Crippen LogP contribution is 2.38. The van der Waals surface area contributed by atoms with Crippen molar-refractivity contribution in [2.45, 2.75) is 199 Å². The molecule has 9 heteroatoms. The first-order valence-corrected chi connectivity index (χ1v) is 26.6. The molecular formula is C54H95N2O6P. The highest BCUT2D eigenvalue weighted by Gasteiger charge is 2.23. The SMILES string of the molecule is CC/C=C\C/C=C\C/C=C\C/C=C\C/C=C\C/C=C\CCCCCCCCCCCCCCCCC(=O)NC(COP(=O)([O-])OCC[N+](C)(C)C)C(O)/C=C/CC/C=C/CCCC. The predicted octanol–water partition coefficient (Wildman–Crippen LogP) is 14.1. The summed E-state index contributed by atoms with van der Waals surface area (Å²) >= 11 is 0. The molecule has 0 aromatic rings. The molecule has 0 aromatic carbocycles. The number of likely N-dealkylation sites (N-methyl/N-ethyl adjacent to an activating group) is 1. The number of amides is 1. The van der Waals surface area contributed by atoms with Crippen molar-refractivity contribution in [3.8, 4) is 0 Å². The molecule has 0 heterocycles. The lowest BCUT2D eigenvalue weighted by atomic mass is 10.0. The Morgan fingerprint density at radius 2 is 0.984 bits per heavy atom. The number of quaternary nitrogens is 1. The van der Waals surface area contributed by atoms with Crippen LogP contribution in [-0.2, 0) is 18.4 Å². The molecular weight excluding hydrogens is 804 g/mol. The van der Waals surface area contributed by atoms with E-state index in [0.29, 0.717) is 17.4 Å². The normalized spacial score (nSPS) is 15.0. The van der Waals surface area contributed by atoms with Gasteiger partial charge in [-0.3, -0.25) is 9.36 Å². The van der Waals surface area contributed by atoms with E-state index in [-0.39, 0.29) is 12.5 Å². The molecule has 362 valence electrons. The third kappa shape index (κ3) is 47.2. The zero-order valence-electron chi connectivity index (χ0n) is 41.0. The summed E-state index contributed by atoms with van der Waals surface area (Å²) in [6, 6.07) is -0.905. The molecule has 0 aliphatic carbocycles. The summed E-state index contributed by atoms with van der Waals surface area (Å²) in [4.78, 5) is 25.2. The number of nitrogens with zero attached hydrogens (tertiary/aromatic N) is 1. The Hall–Kier alpha value is -2.58. The number of aliphatic hydroxyl groups is 1. The van der Waals surface area contributed by atoms with Crippen molar-refractivity contribution in [3.63, 3.8) is 0 Å². The molecule has 0 bridgehead atoms. The van der Waals surface area contributed by atoms with Gasteiger partial charge < -0.3 is 28.8 Å². The molecule has 3 atom stereocenters. The zero-order chi connectivity index (χ0) is 46.4. The first-order chi connectivity index (χ1) is 30.5. The maximum atomic E-state index is 12.8. The number of allylic oxidation sites excluding steroid dienone is 15. The van der Waals surface area contributed by atoms with E-state index in [0.717, 1.165) is 83.5 Å². The second-order valence-corrected chi connectivity index (χ2v) is 19.2. The van der Waals surface area contributed by atoms with Gasteiger partial charge in [-0.05, 0) is 77.0 Å². The minimum atomic E-state index is -4.59. The van der Waals surface area contributed by atoms with Gasteiger partial charge in [0.15, 0.2) is 0 Å². The number of carbonyl (C=O) groups excluding carboxylic acids is 1. The van der Waals surface area contributed by atoms with Crippen LogP contribution < -0.4 is 10.2 Å². The molecule has 0 rings (SSSR count). The molecule has 3 unspecified atom stereocenters. The summed E-state index contributed by atoms with van der Waals surface area (Å²) in [6.07, 6.45) is 63.6. The van der Waals surface area contributed by atoms with E-state index >= 15 is 0 Å². The highest BCUT2D eigenvalue weighted by molar-refractivity contribution is 7.45. The quantitative estimate of drug-likeness (QED) is 0.0273. The Balaban J connectivity index is 4.02.